The largest absolute Gasteiger partial charge is 0.396 e. The van der Waals surface area contributed by atoms with Crippen LogP contribution >= 0.6 is 0 Å². The number of imide groups is 1. The number of carbonyl (C=O) groups is 2. The molecule has 2 aliphatic heterocycles. The molecule has 0 saturated carbocycles. The SMILES string of the molecule is CN1C(=O)NC(=O)C2NC(NCCCO)NC21. The predicted octanol–water partition coefficient (Wildman–Crippen LogP) is -2.69. The van der Waals surface area contributed by atoms with Crippen LogP contribution in [-0.4, -0.2) is 60.6 Å². The van der Waals surface area contributed by atoms with Gasteiger partial charge >= 0.3 is 6.03 Å². The lowest BCUT2D eigenvalue weighted by Crippen LogP contribution is -2.64. The fourth-order valence-corrected chi connectivity index (χ4v) is 1.98. The second kappa shape index (κ2) is 4.96. The van der Waals surface area contributed by atoms with Gasteiger partial charge in [-0.2, -0.15) is 0 Å². The molecule has 0 bridgehead atoms. The Kier molecular flexibility index (Phi) is 3.57. The van der Waals surface area contributed by atoms with Gasteiger partial charge in [0.1, 0.15) is 18.5 Å². The van der Waals surface area contributed by atoms with E-state index in [1.54, 1.807) is 7.05 Å². The number of urea groups is 1. The predicted molar refractivity (Wildman–Crippen MR) is 58.6 cm³/mol. The average molecular weight is 243 g/mol. The van der Waals surface area contributed by atoms with Crippen LogP contribution in [0, 0.1) is 0 Å². The number of hydrogen-bond acceptors (Lipinski definition) is 6. The van der Waals surface area contributed by atoms with Crippen LogP contribution in [0.2, 0.25) is 0 Å². The van der Waals surface area contributed by atoms with Crippen molar-refractivity contribution >= 4 is 11.9 Å². The minimum Gasteiger partial charge on any atom is -0.396 e. The van der Waals surface area contributed by atoms with Gasteiger partial charge in [0.15, 0.2) is 0 Å². The zero-order valence-corrected chi connectivity index (χ0v) is 9.56. The molecule has 0 aromatic rings. The first-order valence-electron chi connectivity index (χ1n) is 5.57. The fourth-order valence-electron chi connectivity index (χ4n) is 1.98. The smallest absolute Gasteiger partial charge is 0.325 e. The van der Waals surface area contributed by atoms with E-state index in [-0.39, 0.29) is 25.0 Å². The Morgan fingerprint density at radius 1 is 1.41 bits per heavy atom. The molecule has 2 saturated heterocycles. The van der Waals surface area contributed by atoms with Crippen molar-refractivity contribution in [2.24, 2.45) is 0 Å². The summed E-state index contributed by atoms with van der Waals surface area (Å²) in [6.45, 7) is 0.741. The molecule has 0 spiro atoms. The van der Waals surface area contributed by atoms with Crippen LogP contribution in [0.25, 0.3) is 0 Å². The number of nitrogens with zero attached hydrogens (tertiary/aromatic N) is 1. The number of hydrogen-bond donors (Lipinski definition) is 5. The summed E-state index contributed by atoms with van der Waals surface area (Å²) in [5.74, 6) is -0.322. The summed E-state index contributed by atoms with van der Waals surface area (Å²) in [5.41, 5.74) is 0. The van der Waals surface area contributed by atoms with Gasteiger partial charge < -0.3 is 10.0 Å². The van der Waals surface area contributed by atoms with E-state index in [1.807, 2.05) is 0 Å². The van der Waals surface area contributed by atoms with E-state index in [4.69, 9.17) is 5.11 Å². The van der Waals surface area contributed by atoms with Crippen molar-refractivity contribution in [3.05, 3.63) is 0 Å². The molecule has 3 unspecified atom stereocenters. The number of aliphatic hydroxyl groups excluding tert-OH is 1. The van der Waals surface area contributed by atoms with Gasteiger partial charge in [0.2, 0.25) is 5.91 Å². The topological polar surface area (TPSA) is 106 Å². The standard InChI is InChI=1S/C9H17N5O3/c1-14-6-5(7(16)13-9(14)17)11-8(12-6)10-3-2-4-15/h5-6,8,10-12,15H,2-4H2,1H3,(H,13,16,17). The number of fused-ring (bicyclic) bond motifs is 1. The summed E-state index contributed by atoms with van der Waals surface area (Å²) >= 11 is 0. The number of nitrogens with one attached hydrogen (secondary N) is 4. The van der Waals surface area contributed by atoms with Crippen molar-refractivity contribution in [3.8, 4) is 0 Å². The minimum absolute atomic E-state index is 0.117. The van der Waals surface area contributed by atoms with Gasteiger partial charge in [-0.1, -0.05) is 0 Å². The lowest BCUT2D eigenvalue weighted by atomic mass is 10.2. The van der Waals surface area contributed by atoms with Gasteiger partial charge in [-0.15, -0.1) is 0 Å². The zero-order chi connectivity index (χ0) is 12.4. The number of rotatable bonds is 4. The third-order valence-electron chi connectivity index (χ3n) is 2.93. The summed E-state index contributed by atoms with van der Waals surface area (Å²) in [5, 5.41) is 20.2. The van der Waals surface area contributed by atoms with Gasteiger partial charge in [-0.3, -0.25) is 26.1 Å². The molecule has 0 aromatic heterocycles. The minimum atomic E-state index is -0.454. The second-order valence-electron chi connectivity index (χ2n) is 4.13. The van der Waals surface area contributed by atoms with Gasteiger partial charge in [0, 0.05) is 13.7 Å². The molecular formula is C9H17N5O3. The summed E-state index contributed by atoms with van der Waals surface area (Å²) in [7, 11) is 1.63. The molecule has 3 amide bonds. The Morgan fingerprint density at radius 3 is 2.88 bits per heavy atom. The van der Waals surface area contributed by atoms with Crippen LogP contribution in [0.3, 0.4) is 0 Å². The van der Waals surface area contributed by atoms with E-state index < -0.39 is 12.1 Å². The van der Waals surface area contributed by atoms with Crippen molar-refractivity contribution in [2.75, 3.05) is 20.2 Å². The monoisotopic (exact) mass is 243 g/mol. The molecule has 0 radical (unpaired) electrons. The lowest BCUT2D eigenvalue weighted by Gasteiger charge is -2.32. The van der Waals surface area contributed by atoms with Crippen LogP contribution in [0.4, 0.5) is 4.79 Å². The molecule has 2 heterocycles. The Labute approximate surface area is 98.7 Å². The van der Waals surface area contributed by atoms with Crippen molar-refractivity contribution in [1.29, 1.82) is 0 Å². The van der Waals surface area contributed by atoms with E-state index >= 15 is 0 Å². The van der Waals surface area contributed by atoms with Crippen molar-refractivity contribution in [3.63, 3.8) is 0 Å². The quantitative estimate of drug-likeness (QED) is 0.344. The molecule has 3 atom stereocenters. The molecule has 17 heavy (non-hydrogen) atoms. The van der Waals surface area contributed by atoms with Gasteiger partial charge in [-0.05, 0) is 13.0 Å². The highest BCUT2D eigenvalue weighted by Crippen LogP contribution is 2.12. The highest BCUT2D eigenvalue weighted by Gasteiger charge is 2.45. The lowest BCUT2D eigenvalue weighted by molar-refractivity contribution is -0.124. The van der Waals surface area contributed by atoms with E-state index in [0.717, 1.165) is 0 Å². The highest BCUT2D eigenvalue weighted by atomic mass is 16.3. The van der Waals surface area contributed by atoms with Crippen LogP contribution in [0.5, 0.6) is 0 Å². The Balaban J connectivity index is 1.93. The molecule has 0 aromatic carbocycles. The van der Waals surface area contributed by atoms with E-state index in [9.17, 15) is 9.59 Å². The third kappa shape index (κ3) is 2.39. The van der Waals surface area contributed by atoms with Gasteiger partial charge in [0.25, 0.3) is 0 Å². The maximum absolute atomic E-state index is 11.6. The summed E-state index contributed by atoms with van der Waals surface area (Å²) in [6.07, 6.45) is 0.0504. The number of carbonyl (C=O) groups excluding carboxylic acids is 2. The van der Waals surface area contributed by atoms with Crippen molar-refractivity contribution in [2.45, 2.75) is 24.9 Å². The second-order valence-corrected chi connectivity index (χ2v) is 4.13. The van der Waals surface area contributed by atoms with Gasteiger partial charge in [0.05, 0.1) is 0 Å². The van der Waals surface area contributed by atoms with Crippen molar-refractivity contribution < 1.29 is 14.7 Å². The number of amides is 3. The van der Waals surface area contributed by atoms with Crippen LogP contribution in [0.1, 0.15) is 6.42 Å². The number of aliphatic hydroxyl groups is 1. The van der Waals surface area contributed by atoms with E-state index in [0.29, 0.717) is 13.0 Å². The molecule has 5 N–H and O–H groups in total. The number of likely N-dealkylation sites (N-methyl/N-ethyl adjacent to an activating group) is 1. The Hall–Kier alpha value is -1.22. The Bertz CT molecular complexity index is 324. The molecular weight excluding hydrogens is 226 g/mol. The van der Waals surface area contributed by atoms with Crippen LogP contribution < -0.4 is 21.3 Å². The first-order chi connectivity index (χ1) is 8.13. The normalized spacial score (nSPS) is 32.6. The highest BCUT2D eigenvalue weighted by molar-refractivity contribution is 6.00. The van der Waals surface area contributed by atoms with Crippen LogP contribution in [-0.2, 0) is 4.79 Å². The molecule has 8 nitrogen and oxygen atoms in total. The first kappa shape index (κ1) is 12.2. The average Bonchev–Trinajstić information content (AvgIpc) is 2.71. The molecule has 0 aliphatic carbocycles. The first-order valence-corrected chi connectivity index (χ1v) is 5.57. The van der Waals surface area contributed by atoms with E-state index in [1.165, 1.54) is 4.90 Å². The van der Waals surface area contributed by atoms with Crippen molar-refractivity contribution in [1.82, 2.24) is 26.2 Å². The molecule has 96 valence electrons. The summed E-state index contributed by atoms with van der Waals surface area (Å²) in [6, 6.07) is -0.856. The summed E-state index contributed by atoms with van der Waals surface area (Å²) in [4.78, 5) is 24.4. The fraction of sp³-hybridized carbons (Fsp3) is 0.778. The van der Waals surface area contributed by atoms with Crippen LogP contribution in [0.15, 0.2) is 0 Å². The molecule has 2 aliphatic rings. The van der Waals surface area contributed by atoms with E-state index in [2.05, 4.69) is 21.3 Å². The zero-order valence-electron chi connectivity index (χ0n) is 9.56. The Morgan fingerprint density at radius 2 is 2.18 bits per heavy atom. The molecule has 2 fully saturated rings. The maximum atomic E-state index is 11.6. The maximum Gasteiger partial charge on any atom is 0.325 e. The summed E-state index contributed by atoms with van der Waals surface area (Å²) < 4.78 is 0. The van der Waals surface area contributed by atoms with Gasteiger partial charge in [-0.25, -0.2) is 4.79 Å². The molecule has 2 rings (SSSR count). The molecule has 8 heteroatoms. The third-order valence-corrected chi connectivity index (χ3v) is 2.93.